The Bertz CT molecular complexity index is 2780. The molecule has 3 atom stereocenters. The first-order valence-corrected chi connectivity index (χ1v) is 21.4. The Labute approximate surface area is 348 Å². The maximum Gasteiger partial charge on any atom is 0.329 e. The molecule has 0 spiro atoms. The lowest BCUT2D eigenvalue weighted by Gasteiger charge is -2.42. The van der Waals surface area contributed by atoms with Crippen LogP contribution in [-0.4, -0.2) is 94.3 Å². The highest BCUT2D eigenvalue weighted by atomic mass is 32.2. The van der Waals surface area contributed by atoms with Crippen LogP contribution in [0, 0.1) is 23.0 Å². The quantitative estimate of drug-likeness (QED) is 0.179. The first-order valence-electron chi connectivity index (χ1n) is 20.0. The number of urea groups is 1. The van der Waals surface area contributed by atoms with Crippen molar-refractivity contribution >= 4 is 55.5 Å². The van der Waals surface area contributed by atoms with Crippen molar-refractivity contribution in [2.45, 2.75) is 69.6 Å². The first kappa shape index (κ1) is 41.7. The monoisotopic (exact) mass is 860 g/mol. The number of halogens is 3. The number of amides is 3. The van der Waals surface area contributed by atoms with Gasteiger partial charge in [0, 0.05) is 64.2 Å². The van der Waals surface area contributed by atoms with Gasteiger partial charge in [-0.15, -0.1) is 0 Å². The zero-order valence-electron chi connectivity index (χ0n) is 33.6. The minimum atomic E-state index is -4.04. The van der Waals surface area contributed by atoms with Gasteiger partial charge in [-0.05, 0) is 86.1 Å². The summed E-state index contributed by atoms with van der Waals surface area (Å²) in [4.78, 5) is 45.9. The van der Waals surface area contributed by atoms with Crippen LogP contribution in [0.5, 0.6) is 11.5 Å². The molecular formula is C41H43F3N10O6S. The van der Waals surface area contributed by atoms with Crippen molar-refractivity contribution in [3.63, 3.8) is 0 Å². The number of fused-ring (bicyclic) bond motifs is 2. The number of ether oxygens (including phenoxy) is 1. The van der Waals surface area contributed by atoms with Gasteiger partial charge in [0.15, 0.2) is 17.4 Å². The molecule has 0 bridgehead atoms. The third-order valence-corrected chi connectivity index (χ3v) is 13.6. The number of carbonyl (C=O) groups is 2. The van der Waals surface area contributed by atoms with E-state index in [-0.39, 0.29) is 83.6 Å². The second-order valence-corrected chi connectivity index (χ2v) is 17.4. The van der Waals surface area contributed by atoms with E-state index in [0.29, 0.717) is 60.8 Å². The summed E-state index contributed by atoms with van der Waals surface area (Å²) in [6.45, 7) is 2.94. The van der Waals surface area contributed by atoms with Crippen LogP contribution in [0.4, 0.5) is 29.5 Å². The van der Waals surface area contributed by atoms with E-state index in [0.717, 1.165) is 16.4 Å². The minimum absolute atomic E-state index is 0.0275. The summed E-state index contributed by atoms with van der Waals surface area (Å²) in [7, 11) is -1.00. The molecule has 4 heterocycles. The number of nitrogens with zero attached hydrogens (tertiary/aromatic N) is 8. The Morgan fingerprint density at radius 2 is 1.79 bits per heavy atom. The molecule has 2 aromatic heterocycles. The number of carbonyl (C=O) groups excluding carboxylic acids is 2. The van der Waals surface area contributed by atoms with Crippen molar-refractivity contribution in [3.05, 3.63) is 81.9 Å². The number of benzene rings is 3. The lowest BCUT2D eigenvalue weighted by atomic mass is 9.79. The maximum absolute atomic E-state index is 16.1. The summed E-state index contributed by atoms with van der Waals surface area (Å²) in [5.41, 5.74) is 0.418. The highest BCUT2D eigenvalue weighted by Gasteiger charge is 2.38. The predicted molar refractivity (Wildman–Crippen MR) is 219 cm³/mol. The Balaban J connectivity index is 0.936. The Kier molecular flexibility index (Phi) is 11.2. The smallest absolute Gasteiger partial charge is 0.329 e. The van der Waals surface area contributed by atoms with Crippen molar-refractivity contribution in [2.24, 2.45) is 7.05 Å². The Hall–Kier alpha value is -6.04. The molecule has 5 aromatic rings. The summed E-state index contributed by atoms with van der Waals surface area (Å²) in [6.07, 6.45) is 2.62. The minimum Gasteiger partial charge on any atom is -0.453 e. The number of piperidine rings is 1. The van der Waals surface area contributed by atoms with E-state index >= 15 is 13.2 Å². The van der Waals surface area contributed by atoms with Crippen LogP contribution < -0.4 is 25.2 Å². The molecule has 1 saturated carbocycles. The van der Waals surface area contributed by atoms with Crippen LogP contribution in [0.3, 0.4) is 0 Å². The number of aryl methyl sites for hydroxylation is 1. The molecule has 3 aliphatic rings. The molecule has 1 aliphatic carbocycles. The van der Waals surface area contributed by atoms with E-state index in [4.69, 9.17) is 4.74 Å². The standard InChI is InChI=1S/C41H43F3N10O6S/c1-4-50(2)61(58,59)49-34-9-7-30(42)38(29(34)21-45)60-25-6-8-33-27(18-25)40(56)54(22-46-33)24-11-14-52(15-12-24)35-10-5-23(17-32(35)44)26-20-36-28(19-31(26)43)39(48-51(36)3)53-16-13-37(55)47-41(53)57/h6-9,18-20,22-24,32,35,49H,4-5,10-17H2,1-3H3,(H,47,55,57)/t23-,32?,35+/m0/s1. The zero-order valence-corrected chi connectivity index (χ0v) is 34.4. The number of alkyl halides is 1. The number of anilines is 2. The number of nitrogens with one attached hydrogen (secondary N) is 2. The summed E-state index contributed by atoms with van der Waals surface area (Å²) in [5.74, 6) is -2.42. The van der Waals surface area contributed by atoms with Crippen molar-refractivity contribution < 1.29 is 35.9 Å². The van der Waals surface area contributed by atoms with Gasteiger partial charge in [-0.3, -0.25) is 38.7 Å². The summed E-state index contributed by atoms with van der Waals surface area (Å²) in [5, 5.41) is 17.2. The van der Waals surface area contributed by atoms with Gasteiger partial charge in [-0.2, -0.15) is 23.1 Å². The second kappa shape index (κ2) is 16.4. The molecule has 61 heavy (non-hydrogen) atoms. The normalized spacial score (nSPS) is 20.6. The Morgan fingerprint density at radius 1 is 1.02 bits per heavy atom. The van der Waals surface area contributed by atoms with Gasteiger partial charge in [-0.25, -0.2) is 22.9 Å². The first-order chi connectivity index (χ1) is 29.2. The van der Waals surface area contributed by atoms with Crippen molar-refractivity contribution in [1.82, 2.24) is 33.9 Å². The van der Waals surface area contributed by atoms with Gasteiger partial charge >= 0.3 is 16.2 Å². The summed E-state index contributed by atoms with van der Waals surface area (Å²) >= 11 is 0. The highest BCUT2D eigenvalue weighted by Crippen LogP contribution is 2.41. The zero-order chi connectivity index (χ0) is 43.3. The van der Waals surface area contributed by atoms with Crippen LogP contribution in [0.1, 0.15) is 68.5 Å². The van der Waals surface area contributed by atoms with Crippen LogP contribution in [0.15, 0.2) is 53.6 Å². The highest BCUT2D eigenvalue weighted by molar-refractivity contribution is 7.90. The maximum atomic E-state index is 16.1. The van der Waals surface area contributed by atoms with Crippen molar-refractivity contribution in [3.8, 4) is 17.6 Å². The molecule has 3 aromatic carbocycles. The fourth-order valence-corrected chi connectivity index (χ4v) is 9.58. The molecule has 320 valence electrons. The van der Waals surface area contributed by atoms with Gasteiger partial charge < -0.3 is 4.74 Å². The molecule has 0 radical (unpaired) electrons. The number of rotatable bonds is 10. The molecule has 8 rings (SSSR count). The molecule has 2 saturated heterocycles. The van der Waals surface area contributed by atoms with E-state index in [1.165, 1.54) is 47.1 Å². The van der Waals surface area contributed by atoms with Crippen LogP contribution in [0.2, 0.25) is 0 Å². The Morgan fingerprint density at radius 3 is 2.49 bits per heavy atom. The number of aromatic nitrogens is 4. The molecule has 16 nitrogen and oxygen atoms in total. The van der Waals surface area contributed by atoms with Gasteiger partial charge in [0.05, 0.1) is 28.4 Å². The molecule has 1 unspecified atom stereocenters. The molecule has 2 N–H and O–H groups in total. The van der Waals surface area contributed by atoms with E-state index in [1.54, 1.807) is 24.7 Å². The van der Waals surface area contributed by atoms with Crippen LogP contribution >= 0.6 is 0 Å². The summed E-state index contributed by atoms with van der Waals surface area (Å²) in [6, 6.07) is 10.1. The SMILES string of the molecule is CCN(C)S(=O)(=O)Nc1ccc(F)c(Oc2ccc3ncn(C4CCN([C@@H]5CC[C@H](c6cc7c(cc6F)c(N6CCC(=O)NC6=O)nn7C)CC5F)CC4)c(=O)c3c2)c1C#N. The molecule has 2 aliphatic heterocycles. The second-order valence-electron chi connectivity index (χ2n) is 15.6. The molecular weight excluding hydrogens is 818 g/mol. The number of likely N-dealkylation sites (tertiary alicyclic amines) is 1. The van der Waals surface area contributed by atoms with Crippen molar-refractivity contribution in [2.75, 3.05) is 42.8 Å². The van der Waals surface area contributed by atoms with E-state index in [2.05, 4.69) is 25.0 Å². The van der Waals surface area contributed by atoms with Crippen molar-refractivity contribution in [1.29, 1.82) is 5.26 Å². The number of nitriles is 1. The number of hydrogen-bond acceptors (Lipinski definition) is 10. The third kappa shape index (κ3) is 7.88. The molecule has 3 fully saturated rings. The lowest BCUT2D eigenvalue weighted by molar-refractivity contribution is -0.120. The number of hydrogen-bond donors (Lipinski definition) is 2. The largest absolute Gasteiger partial charge is 0.453 e. The molecule has 20 heteroatoms. The van der Waals surface area contributed by atoms with Gasteiger partial charge in [0.25, 0.3) is 5.56 Å². The van der Waals surface area contributed by atoms with E-state index in [1.807, 2.05) is 6.07 Å². The average Bonchev–Trinajstić information content (AvgIpc) is 3.55. The average molecular weight is 861 g/mol. The third-order valence-electron chi connectivity index (χ3n) is 12.1. The van der Waals surface area contributed by atoms with Crippen LogP contribution in [-0.2, 0) is 22.1 Å². The van der Waals surface area contributed by atoms with E-state index < -0.39 is 39.8 Å². The molecule has 3 amide bonds. The van der Waals surface area contributed by atoms with E-state index in [9.17, 15) is 28.1 Å². The lowest BCUT2D eigenvalue weighted by Crippen LogP contribution is -2.49. The van der Waals surface area contributed by atoms with Crippen LogP contribution in [0.25, 0.3) is 21.8 Å². The van der Waals surface area contributed by atoms with Gasteiger partial charge in [-0.1, -0.05) is 6.92 Å². The fourth-order valence-electron chi connectivity index (χ4n) is 8.64. The van der Waals surface area contributed by atoms with Gasteiger partial charge in [0.2, 0.25) is 5.91 Å². The summed E-state index contributed by atoms with van der Waals surface area (Å²) < 4.78 is 84.4. The predicted octanol–water partition coefficient (Wildman–Crippen LogP) is 5.59. The van der Waals surface area contributed by atoms with Gasteiger partial charge in [0.1, 0.15) is 29.4 Å². The topological polar surface area (TPSA) is 188 Å². The number of imide groups is 1. The fraction of sp³-hybridized carbons (Fsp3) is 0.415.